The van der Waals surface area contributed by atoms with Crippen molar-refractivity contribution in [3.63, 3.8) is 0 Å². The third-order valence-corrected chi connectivity index (χ3v) is 5.89. The number of nitrogens with one attached hydrogen (secondary N) is 2. The summed E-state index contributed by atoms with van der Waals surface area (Å²) >= 11 is 3.00. The van der Waals surface area contributed by atoms with Gasteiger partial charge in [-0.2, -0.15) is 0 Å². The van der Waals surface area contributed by atoms with Crippen molar-refractivity contribution in [1.29, 1.82) is 0 Å². The summed E-state index contributed by atoms with van der Waals surface area (Å²) < 4.78 is 2.04. The summed E-state index contributed by atoms with van der Waals surface area (Å²) in [7, 11) is 0. The number of nitrogens with zero attached hydrogens (tertiary/aromatic N) is 2. The van der Waals surface area contributed by atoms with E-state index in [9.17, 15) is 9.59 Å². The van der Waals surface area contributed by atoms with E-state index in [-0.39, 0.29) is 11.8 Å². The van der Waals surface area contributed by atoms with Gasteiger partial charge in [0.05, 0.1) is 25.4 Å². The molecule has 0 atom stereocenters. The number of hydrogen-bond acceptors (Lipinski definition) is 6. The number of benzene rings is 2. The molecule has 2 N–H and O–H groups in total. The van der Waals surface area contributed by atoms with Crippen molar-refractivity contribution in [1.82, 2.24) is 9.97 Å². The molecule has 0 fully saturated rings. The Balaban J connectivity index is 1.40. The van der Waals surface area contributed by atoms with E-state index in [0.29, 0.717) is 23.7 Å². The number of para-hydroxylation sites is 1. The van der Waals surface area contributed by atoms with E-state index in [2.05, 4.69) is 20.6 Å². The molecule has 2 aromatic carbocycles. The van der Waals surface area contributed by atoms with E-state index in [1.807, 2.05) is 36.4 Å². The van der Waals surface area contributed by atoms with Crippen LogP contribution >= 0.6 is 22.7 Å². The van der Waals surface area contributed by atoms with Crippen molar-refractivity contribution in [2.45, 2.75) is 19.8 Å². The number of hydrogen-bond donors (Lipinski definition) is 2. The number of fused-ring (bicyclic) bond motifs is 2. The minimum absolute atomic E-state index is 0.0876. The van der Waals surface area contributed by atoms with Crippen LogP contribution in [0.25, 0.3) is 20.4 Å². The first-order valence-corrected chi connectivity index (χ1v) is 10.0. The van der Waals surface area contributed by atoms with Gasteiger partial charge in [-0.25, -0.2) is 9.97 Å². The van der Waals surface area contributed by atoms with Gasteiger partial charge in [-0.05, 0) is 30.3 Å². The lowest BCUT2D eigenvalue weighted by Crippen LogP contribution is -2.11. The minimum atomic E-state index is -0.123. The number of aryl methyl sites for hydroxylation is 1. The van der Waals surface area contributed by atoms with Crippen molar-refractivity contribution >= 4 is 65.7 Å². The second-order valence-electron chi connectivity index (χ2n) is 6.01. The van der Waals surface area contributed by atoms with Crippen molar-refractivity contribution in [3.8, 4) is 0 Å². The van der Waals surface area contributed by atoms with Crippen LogP contribution in [0.15, 0.2) is 42.5 Å². The fourth-order valence-corrected chi connectivity index (χ4v) is 4.58. The van der Waals surface area contributed by atoms with Crippen LogP contribution < -0.4 is 10.6 Å². The van der Waals surface area contributed by atoms with E-state index in [4.69, 9.17) is 0 Å². The number of aromatic nitrogens is 2. The summed E-state index contributed by atoms with van der Waals surface area (Å²) in [6.45, 7) is 1.47. The molecule has 2 aromatic heterocycles. The molecule has 0 unspecified atom stereocenters. The Hall–Kier alpha value is -2.84. The molecule has 0 aliphatic rings. The Morgan fingerprint density at radius 2 is 1.78 bits per heavy atom. The largest absolute Gasteiger partial charge is 0.326 e. The number of carbonyl (C=O) groups is 2. The predicted molar refractivity (Wildman–Crippen MR) is 110 cm³/mol. The molecule has 0 saturated heterocycles. The van der Waals surface area contributed by atoms with E-state index in [1.165, 1.54) is 18.3 Å². The molecule has 2 amide bonds. The van der Waals surface area contributed by atoms with E-state index in [1.54, 1.807) is 17.4 Å². The fourth-order valence-electron chi connectivity index (χ4n) is 2.69. The lowest BCUT2D eigenvalue weighted by Gasteiger charge is -1.99. The van der Waals surface area contributed by atoms with E-state index >= 15 is 0 Å². The molecule has 6 nitrogen and oxygen atoms in total. The Labute approximate surface area is 163 Å². The molecule has 27 heavy (non-hydrogen) atoms. The first kappa shape index (κ1) is 17.6. The number of rotatable bonds is 5. The Morgan fingerprint density at radius 3 is 2.59 bits per heavy atom. The van der Waals surface area contributed by atoms with E-state index in [0.717, 1.165) is 25.4 Å². The molecular weight excluding hydrogens is 380 g/mol. The molecule has 0 saturated carbocycles. The van der Waals surface area contributed by atoms with Crippen LogP contribution in [0.2, 0.25) is 0 Å². The van der Waals surface area contributed by atoms with Crippen molar-refractivity contribution in [2.75, 3.05) is 10.6 Å². The number of carbonyl (C=O) groups excluding carboxylic acids is 2. The quantitative estimate of drug-likeness (QED) is 0.522. The second-order valence-corrected chi connectivity index (χ2v) is 8.15. The van der Waals surface area contributed by atoms with Gasteiger partial charge in [-0.15, -0.1) is 11.3 Å². The zero-order valence-corrected chi connectivity index (χ0v) is 16.1. The number of amides is 2. The van der Waals surface area contributed by atoms with E-state index < -0.39 is 0 Å². The summed E-state index contributed by atoms with van der Waals surface area (Å²) in [5, 5.41) is 7.11. The third-order valence-electron chi connectivity index (χ3n) is 3.86. The first-order chi connectivity index (χ1) is 13.1. The van der Waals surface area contributed by atoms with Crippen LogP contribution in [0.1, 0.15) is 18.4 Å². The van der Waals surface area contributed by atoms with Crippen LogP contribution in [0, 0.1) is 0 Å². The standard InChI is InChI=1S/C19H16N4O2S2/c1-11(24)20-12-6-7-14-16(10-12)27-19(22-14)23-17(25)8-9-18-21-13-4-2-3-5-15(13)26-18/h2-7,10H,8-9H2,1H3,(H,20,24)(H,22,23,25). The van der Waals surface area contributed by atoms with Gasteiger partial charge in [-0.1, -0.05) is 23.5 Å². The lowest BCUT2D eigenvalue weighted by atomic mass is 10.3. The molecule has 2 heterocycles. The fraction of sp³-hybridized carbons (Fsp3) is 0.158. The van der Waals surface area contributed by atoms with Gasteiger partial charge in [0.25, 0.3) is 0 Å². The molecule has 4 aromatic rings. The molecule has 0 aliphatic heterocycles. The maximum Gasteiger partial charge on any atom is 0.226 e. The van der Waals surface area contributed by atoms with Crippen LogP contribution in [-0.2, 0) is 16.0 Å². The van der Waals surface area contributed by atoms with Gasteiger partial charge in [-0.3, -0.25) is 9.59 Å². The molecular formula is C19H16N4O2S2. The normalized spacial score (nSPS) is 11.0. The predicted octanol–water partition coefficient (Wildman–Crippen LogP) is 4.44. The summed E-state index contributed by atoms with van der Waals surface area (Å²) in [4.78, 5) is 32.4. The minimum Gasteiger partial charge on any atom is -0.326 e. The summed E-state index contributed by atoms with van der Waals surface area (Å²) in [5.74, 6) is -0.211. The maximum absolute atomic E-state index is 12.3. The Morgan fingerprint density at radius 1 is 0.963 bits per heavy atom. The maximum atomic E-state index is 12.3. The topological polar surface area (TPSA) is 84.0 Å². The second kappa shape index (κ2) is 7.42. The number of anilines is 2. The molecule has 0 bridgehead atoms. The zero-order chi connectivity index (χ0) is 18.8. The summed E-state index contributed by atoms with van der Waals surface area (Å²) in [6.07, 6.45) is 0.954. The van der Waals surface area contributed by atoms with Gasteiger partial charge in [0.1, 0.15) is 0 Å². The van der Waals surface area contributed by atoms with Gasteiger partial charge >= 0.3 is 0 Å². The van der Waals surface area contributed by atoms with Crippen molar-refractivity contribution < 1.29 is 9.59 Å². The van der Waals surface area contributed by atoms with Gasteiger partial charge < -0.3 is 10.6 Å². The van der Waals surface area contributed by atoms with Gasteiger partial charge in [0.2, 0.25) is 11.8 Å². The molecule has 0 radical (unpaired) electrons. The SMILES string of the molecule is CC(=O)Nc1ccc2nc(NC(=O)CCc3nc4ccccc4s3)sc2c1. The highest BCUT2D eigenvalue weighted by atomic mass is 32.1. The van der Waals surface area contributed by atoms with Crippen LogP contribution in [0.4, 0.5) is 10.8 Å². The van der Waals surface area contributed by atoms with Crippen molar-refractivity contribution in [3.05, 3.63) is 47.5 Å². The third kappa shape index (κ3) is 4.12. The summed E-state index contributed by atoms with van der Waals surface area (Å²) in [5.41, 5.74) is 2.47. The molecule has 4 rings (SSSR count). The number of thiazole rings is 2. The Bertz CT molecular complexity index is 1120. The highest BCUT2D eigenvalue weighted by Gasteiger charge is 2.11. The Kier molecular flexibility index (Phi) is 4.83. The summed E-state index contributed by atoms with van der Waals surface area (Å²) in [6, 6.07) is 13.4. The van der Waals surface area contributed by atoms with Crippen molar-refractivity contribution in [2.24, 2.45) is 0 Å². The highest BCUT2D eigenvalue weighted by Crippen LogP contribution is 2.29. The monoisotopic (exact) mass is 396 g/mol. The molecule has 136 valence electrons. The molecule has 8 heteroatoms. The zero-order valence-electron chi connectivity index (χ0n) is 14.5. The van der Waals surface area contributed by atoms with Crippen LogP contribution in [0.3, 0.4) is 0 Å². The molecule has 0 aliphatic carbocycles. The smallest absolute Gasteiger partial charge is 0.226 e. The first-order valence-electron chi connectivity index (χ1n) is 8.39. The highest BCUT2D eigenvalue weighted by molar-refractivity contribution is 7.22. The van der Waals surface area contributed by atoms with Crippen LogP contribution in [0.5, 0.6) is 0 Å². The molecule has 0 spiro atoms. The average Bonchev–Trinajstić information content (AvgIpc) is 3.21. The van der Waals surface area contributed by atoms with Gasteiger partial charge in [0, 0.05) is 25.5 Å². The van der Waals surface area contributed by atoms with Gasteiger partial charge in [0.15, 0.2) is 5.13 Å². The van der Waals surface area contributed by atoms with Crippen LogP contribution in [-0.4, -0.2) is 21.8 Å². The average molecular weight is 396 g/mol. The lowest BCUT2D eigenvalue weighted by molar-refractivity contribution is -0.116.